The van der Waals surface area contributed by atoms with Crippen LogP contribution in [0, 0.1) is 0 Å². The summed E-state index contributed by atoms with van der Waals surface area (Å²) in [5, 5.41) is 10.5. The van der Waals surface area contributed by atoms with Crippen molar-refractivity contribution in [3.63, 3.8) is 0 Å². The molecular formula is C13H20N4O3. The van der Waals surface area contributed by atoms with Gasteiger partial charge < -0.3 is 15.4 Å². The third-order valence-corrected chi connectivity index (χ3v) is 3.19. The molecule has 1 aromatic rings. The maximum Gasteiger partial charge on any atom is 0.306 e. The molecule has 0 radical (unpaired) electrons. The molecule has 110 valence electrons. The highest BCUT2D eigenvalue weighted by molar-refractivity contribution is 5.92. The second-order valence-corrected chi connectivity index (χ2v) is 4.68. The van der Waals surface area contributed by atoms with Gasteiger partial charge in [0.25, 0.3) is 0 Å². The summed E-state index contributed by atoms with van der Waals surface area (Å²) in [6, 6.07) is 0. The highest BCUT2D eigenvalue weighted by Gasteiger charge is 2.20. The third-order valence-electron chi connectivity index (χ3n) is 3.19. The van der Waals surface area contributed by atoms with E-state index >= 15 is 0 Å². The van der Waals surface area contributed by atoms with Crippen LogP contribution in [0.1, 0.15) is 31.0 Å². The number of aromatic nitrogens is 2. The van der Waals surface area contributed by atoms with E-state index in [-0.39, 0.29) is 24.7 Å². The summed E-state index contributed by atoms with van der Waals surface area (Å²) in [6.45, 7) is 3.69. The van der Waals surface area contributed by atoms with Crippen molar-refractivity contribution in [2.45, 2.75) is 32.7 Å². The molecule has 2 heterocycles. The van der Waals surface area contributed by atoms with Crippen molar-refractivity contribution in [3.05, 3.63) is 11.3 Å². The number of rotatable bonds is 5. The van der Waals surface area contributed by atoms with Crippen molar-refractivity contribution < 1.29 is 14.3 Å². The van der Waals surface area contributed by atoms with Gasteiger partial charge in [-0.05, 0) is 6.92 Å². The first-order valence-electron chi connectivity index (χ1n) is 6.82. The second-order valence-electron chi connectivity index (χ2n) is 4.68. The minimum atomic E-state index is -0.351. The summed E-state index contributed by atoms with van der Waals surface area (Å²) in [4.78, 5) is 23.1. The Bertz CT molecular complexity index is 510. The number of nitrogens with zero attached hydrogens (tertiary/aromatic N) is 2. The lowest BCUT2D eigenvalue weighted by atomic mass is 10.1. The minimum absolute atomic E-state index is 0.0952. The fourth-order valence-electron chi connectivity index (χ4n) is 2.23. The summed E-state index contributed by atoms with van der Waals surface area (Å²) in [5.74, 6) is 0.159. The zero-order valence-corrected chi connectivity index (χ0v) is 11.9. The number of carbonyl (C=O) groups excluding carboxylic acids is 2. The number of carbonyl (C=O) groups is 2. The number of anilines is 1. The molecule has 0 aromatic carbocycles. The van der Waals surface area contributed by atoms with E-state index in [1.807, 2.05) is 0 Å². The molecule has 1 aliphatic rings. The van der Waals surface area contributed by atoms with Gasteiger partial charge in [-0.25, -0.2) is 0 Å². The molecule has 1 aliphatic heterocycles. The van der Waals surface area contributed by atoms with E-state index in [4.69, 9.17) is 4.74 Å². The van der Waals surface area contributed by atoms with Crippen LogP contribution in [0.25, 0.3) is 0 Å². The van der Waals surface area contributed by atoms with Crippen LogP contribution in [0.5, 0.6) is 0 Å². The van der Waals surface area contributed by atoms with E-state index < -0.39 is 0 Å². The minimum Gasteiger partial charge on any atom is -0.466 e. The second kappa shape index (κ2) is 6.51. The van der Waals surface area contributed by atoms with Crippen LogP contribution in [0.2, 0.25) is 0 Å². The fraction of sp³-hybridized carbons (Fsp3) is 0.615. The normalized spacial score (nSPS) is 13.7. The first kappa shape index (κ1) is 14.5. The van der Waals surface area contributed by atoms with E-state index in [9.17, 15) is 9.59 Å². The Balaban J connectivity index is 1.94. The summed E-state index contributed by atoms with van der Waals surface area (Å²) < 4.78 is 6.48. The molecule has 1 amide bonds. The number of hydrogen-bond donors (Lipinski definition) is 2. The Morgan fingerprint density at radius 1 is 1.45 bits per heavy atom. The predicted octanol–water partition coefficient (Wildman–Crippen LogP) is 0.348. The number of hydrogen-bond acceptors (Lipinski definition) is 5. The first-order chi connectivity index (χ1) is 9.61. The zero-order chi connectivity index (χ0) is 14.5. The molecule has 0 bridgehead atoms. The van der Waals surface area contributed by atoms with Crippen molar-refractivity contribution in [3.8, 4) is 0 Å². The van der Waals surface area contributed by atoms with Crippen LogP contribution in [0.15, 0.2) is 0 Å². The maximum absolute atomic E-state index is 11.9. The van der Waals surface area contributed by atoms with Gasteiger partial charge in [-0.1, -0.05) is 0 Å². The monoisotopic (exact) mass is 280 g/mol. The Hall–Kier alpha value is -1.89. The van der Waals surface area contributed by atoms with E-state index in [2.05, 4.69) is 15.7 Å². The maximum atomic E-state index is 11.9. The molecule has 2 N–H and O–H groups in total. The topological polar surface area (TPSA) is 85.2 Å². The Kier molecular flexibility index (Phi) is 4.73. The number of aryl methyl sites for hydroxylation is 1. The van der Waals surface area contributed by atoms with Crippen molar-refractivity contribution in [1.82, 2.24) is 15.1 Å². The van der Waals surface area contributed by atoms with Gasteiger partial charge in [-0.3, -0.25) is 14.3 Å². The van der Waals surface area contributed by atoms with Crippen LogP contribution in [-0.2, 0) is 34.3 Å². The SMILES string of the molecule is CCOC(=O)CCC(=O)Nc1c2c(nn1C)CCNC2. The Labute approximate surface area is 117 Å². The quantitative estimate of drug-likeness (QED) is 0.760. The fourth-order valence-corrected chi connectivity index (χ4v) is 2.23. The van der Waals surface area contributed by atoms with Crippen LogP contribution in [0.3, 0.4) is 0 Å². The summed E-state index contributed by atoms with van der Waals surface area (Å²) in [5.41, 5.74) is 2.05. The average molecular weight is 280 g/mol. The number of amides is 1. The molecule has 7 nitrogen and oxygen atoms in total. The van der Waals surface area contributed by atoms with Gasteiger partial charge in [0.1, 0.15) is 5.82 Å². The molecule has 0 unspecified atom stereocenters. The molecule has 20 heavy (non-hydrogen) atoms. The van der Waals surface area contributed by atoms with Gasteiger partial charge in [0.2, 0.25) is 5.91 Å². The van der Waals surface area contributed by atoms with Crippen LogP contribution in [-0.4, -0.2) is 34.8 Å². The molecular weight excluding hydrogens is 260 g/mol. The van der Waals surface area contributed by atoms with Crippen LogP contribution >= 0.6 is 0 Å². The van der Waals surface area contributed by atoms with Crippen LogP contribution in [0.4, 0.5) is 5.82 Å². The Morgan fingerprint density at radius 3 is 3.00 bits per heavy atom. The van der Waals surface area contributed by atoms with Gasteiger partial charge in [0, 0.05) is 38.5 Å². The smallest absolute Gasteiger partial charge is 0.306 e. The number of nitrogens with one attached hydrogen (secondary N) is 2. The first-order valence-corrected chi connectivity index (χ1v) is 6.82. The van der Waals surface area contributed by atoms with Gasteiger partial charge in [0.15, 0.2) is 0 Å². The van der Waals surface area contributed by atoms with Crippen molar-refractivity contribution in [2.24, 2.45) is 7.05 Å². The van der Waals surface area contributed by atoms with E-state index in [1.165, 1.54) is 0 Å². The molecule has 0 aliphatic carbocycles. The van der Waals surface area contributed by atoms with Gasteiger partial charge >= 0.3 is 5.97 Å². The lowest BCUT2D eigenvalue weighted by Gasteiger charge is -2.13. The summed E-state index contributed by atoms with van der Waals surface area (Å²) in [6.07, 6.45) is 1.08. The van der Waals surface area contributed by atoms with Crippen LogP contribution < -0.4 is 10.6 Å². The predicted molar refractivity (Wildman–Crippen MR) is 73.1 cm³/mol. The van der Waals surface area contributed by atoms with Gasteiger partial charge in [-0.2, -0.15) is 5.10 Å². The van der Waals surface area contributed by atoms with E-state index in [0.29, 0.717) is 19.0 Å². The highest BCUT2D eigenvalue weighted by atomic mass is 16.5. The highest BCUT2D eigenvalue weighted by Crippen LogP contribution is 2.22. The number of fused-ring (bicyclic) bond motifs is 1. The molecule has 0 fully saturated rings. The summed E-state index contributed by atoms with van der Waals surface area (Å²) in [7, 11) is 1.80. The van der Waals surface area contributed by atoms with Gasteiger partial charge in [0.05, 0.1) is 18.7 Å². The molecule has 7 heteroatoms. The molecule has 0 saturated carbocycles. The zero-order valence-electron chi connectivity index (χ0n) is 11.9. The number of ether oxygens (including phenoxy) is 1. The molecule has 2 rings (SSSR count). The largest absolute Gasteiger partial charge is 0.466 e. The molecule has 0 atom stereocenters. The van der Waals surface area contributed by atoms with Crippen molar-refractivity contribution >= 4 is 17.7 Å². The molecule has 1 aromatic heterocycles. The van der Waals surface area contributed by atoms with E-state index in [0.717, 1.165) is 24.2 Å². The van der Waals surface area contributed by atoms with Crippen molar-refractivity contribution in [2.75, 3.05) is 18.5 Å². The summed E-state index contributed by atoms with van der Waals surface area (Å²) >= 11 is 0. The standard InChI is InChI=1S/C13H20N4O3/c1-3-20-12(19)5-4-11(18)15-13-9-8-14-7-6-10(9)16-17(13)2/h14H,3-8H2,1-2H3,(H,15,18). The lowest BCUT2D eigenvalue weighted by molar-refractivity contribution is -0.144. The Morgan fingerprint density at radius 2 is 2.25 bits per heavy atom. The average Bonchev–Trinajstić information content (AvgIpc) is 2.73. The van der Waals surface area contributed by atoms with E-state index in [1.54, 1.807) is 18.7 Å². The molecule has 0 spiro atoms. The lowest BCUT2D eigenvalue weighted by Crippen LogP contribution is -2.24. The molecule has 0 saturated heterocycles. The third kappa shape index (κ3) is 3.36. The van der Waals surface area contributed by atoms with Crippen molar-refractivity contribution in [1.29, 1.82) is 0 Å². The number of esters is 1. The van der Waals surface area contributed by atoms with Gasteiger partial charge in [-0.15, -0.1) is 0 Å².